The molecule has 0 radical (unpaired) electrons. The fourth-order valence-corrected chi connectivity index (χ4v) is 2.27. The van der Waals surface area contributed by atoms with Crippen molar-refractivity contribution in [3.05, 3.63) is 35.9 Å². The molecule has 0 spiro atoms. The molecule has 0 aromatic heterocycles. The van der Waals surface area contributed by atoms with Crippen LogP contribution in [0.2, 0.25) is 0 Å². The predicted octanol–water partition coefficient (Wildman–Crippen LogP) is 4.57. The molecule has 0 aliphatic heterocycles. The van der Waals surface area contributed by atoms with E-state index in [1.165, 1.54) is 10.5 Å². The number of benzene rings is 1. The molecule has 0 atom stereocenters. The second kappa shape index (κ2) is 7.33. The van der Waals surface area contributed by atoms with Crippen molar-refractivity contribution >= 4 is 23.6 Å². The zero-order valence-electron chi connectivity index (χ0n) is 10.8. The van der Waals surface area contributed by atoms with Gasteiger partial charge >= 0.3 is 0 Å². The number of hydrogen-bond donors (Lipinski definition) is 0. The molecule has 1 aromatic carbocycles. The van der Waals surface area contributed by atoms with Gasteiger partial charge in [0, 0.05) is 16.6 Å². The van der Waals surface area contributed by atoms with Gasteiger partial charge in [-0.15, -0.1) is 11.8 Å². The van der Waals surface area contributed by atoms with Gasteiger partial charge in [-0.25, -0.2) is 0 Å². The Hall–Kier alpha value is -1.02. The van der Waals surface area contributed by atoms with Crippen LogP contribution in [0.25, 0.3) is 6.08 Å². The molecule has 0 unspecified atom stereocenters. The first-order valence-electron chi connectivity index (χ1n) is 6.00. The lowest BCUT2D eigenvalue weighted by Gasteiger charge is -2.04. The van der Waals surface area contributed by atoms with Crippen LogP contribution in [0.3, 0.4) is 0 Å². The summed E-state index contributed by atoms with van der Waals surface area (Å²) in [5.74, 6) is 0.248. The van der Waals surface area contributed by atoms with Crippen molar-refractivity contribution in [1.29, 1.82) is 0 Å². The van der Waals surface area contributed by atoms with E-state index < -0.39 is 0 Å². The number of ketones is 1. The maximum atomic E-state index is 10.8. The second-order valence-electron chi connectivity index (χ2n) is 4.38. The Labute approximate surface area is 108 Å². The van der Waals surface area contributed by atoms with Crippen LogP contribution in [0.15, 0.2) is 35.2 Å². The molecule has 1 rings (SSSR count). The number of rotatable bonds is 6. The van der Waals surface area contributed by atoms with Gasteiger partial charge < -0.3 is 4.79 Å². The number of carbonyl (C=O) groups is 1. The first kappa shape index (κ1) is 14.0. The third-order valence-electron chi connectivity index (χ3n) is 2.23. The molecule has 0 N–H and O–H groups in total. The third kappa shape index (κ3) is 6.32. The highest BCUT2D eigenvalue weighted by atomic mass is 32.2. The monoisotopic (exact) mass is 248 g/mol. The van der Waals surface area contributed by atoms with Gasteiger partial charge in [0.25, 0.3) is 0 Å². The Morgan fingerprint density at radius 2 is 1.94 bits per heavy atom. The SMILES string of the molecule is CC(=O)CC/C=C/c1ccc(SC(C)C)cc1. The predicted molar refractivity (Wildman–Crippen MR) is 76.4 cm³/mol. The lowest BCUT2D eigenvalue weighted by molar-refractivity contribution is -0.116. The molecule has 0 amide bonds. The van der Waals surface area contributed by atoms with Crippen LogP contribution >= 0.6 is 11.8 Å². The van der Waals surface area contributed by atoms with Crippen LogP contribution in [-0.2, 0) is 4.79 Å². The van der Waals surface area contributed by atoms with Gasteiger partial charge in [0.2, 0.25) is 0 Å². The van der Waals surface area contributed by atoms with Crippen LogP contribution in [-0.4, -0.2) is 11.0 Å². The summed E-state index contributed by atoms with van der Waals surface area (Å²) in [6, 6.07) is 8.54. The second-order valence-corrected chi connectivity index (χ2v) is 6.03. The summed E-state index contributed by atoms with van der Waals surface area (Å²) in [7, 11) is 0. The number of allylic oxidation sites excluding steroid dienone is 1. The first-order valence-corrected chi connectivity index (χ1v) is 6.88. The molecular weight excluding hydrogens is 228 g/mol. The molecule has 0 aliphatic carbocycles. The molecule has 0 saturated carbocycles. The molecule has 0 aliphatic rings. The molecule has 0 bridgehead atoms. The summed E-state index contributed by atoms with van der Waals surface area (Å²) >= 11 is 1.87. The smallest absolute Gasteiger partial charge is 0.130 e. The van der Waals surface area contributed by atoms with Crippen molar-refractivity contribution in [2.75, 3.05) is 0 Å². The molecular formula is C15H20OS. The zero-order chi connectivity index (χ0) is 12.7. The summed E-state index contributed by atoms with van der Waals surface area (Å²) in [5.41, 5.74) is 1.20. The van der Waals surface area contributed by atoms with Crippen molar-refractivity contribution in [2.24, 2.45) is 0 Å². The molecule has 1 aromatic rings. The molecule has 92 valence electrons. The van der Waals surface area contributed by atoms with Crippen LogP contribution < -0.4 is 0 Å². The minimum absolute atomic E-state index is 0.248. The summed E-state index contributed by atoms with van der Waals surface area (Å²) in [4.78, 5) is 12.1. The van der Waals surface area contributed by atoms with Crippen molar-refractivity contribution in [3.8, 4) is 0 Å². The molecule has 0 heterocycles. The normalized spacial score (nSPS) is 11.3. The maximum absolute atomic E-state index is 10.8. The van der Waals surface area contributed by atoms with E-state index in [9.17, 15) is 4.79 Å². The van der Waals surface area contributed by atoms with Gasteiger partial charge in [-0.3, -0.25) is 0 Å². The first-order chi connectivity index (χ1) is 8.08. The van der Waals surface area contributed by atoms with Crippen LogP contribution in [0.5, 0.6) is 0 Å². The largest absolute Gasteiger partial charge is 0.300 e. The van der Waals surface area contributed by atoms with E-state index in [0.29, 0.717) is 11.7 Å². The van der Waals surface area contributed by atoms with Crippen LogP contribution in [0.4, 0.5) is 0 Å². The standard InChI is InChI=1S/C15H20OS/c1-12(2)17-15-10-8-14(9-11-15)7-5-4-6-13(3)16/h5,7-12H,4,6H2,1-3H3/b7-5+. The van der Waals surface area contributed by atoms with Gasteiger partial charge in [0.05, 0.1) is 0 Å². The van der Waals surface area contributed by atoms with Gasteiger partial charge in [0.15, 0.2) is 0 Å². The topological polar surface area (TPSA) is 17.1 Å². The highest BCUT2D eigenvalue weighted by Gasteiger charge is 1.97. The van der Waals surface area contributed by atoms with Crippen molar-refractivity contribution in [3.63, 3.8) is 0 Å². The number of thioether (sulfide) groups is 1. The van der Waals surface area contributed by atoms with E-state index in [-0.39, 0.29) is 5.78 Å². The lowest BCUT2D eigenvalue weighted by Crippen LogP contribution is -1.86. The summed E-state index contributed by atoms with van der Waals surface area (Å²) in [6.45, 7) is 6.02. The fourth-order valence-electron chi connectivity index (χ4n) is 1.44. The Kier molecular flexibility index (Phi) is 6.06. The Morgan fingerprint density at radius 1 is 1.29 bits per heavy atom. The average molecular weight is 248 g/mol. The van der Waals surface area contributed by atoms with Crippen molar-refractivity contribution < 1.29 is 4.79 Å². The van der Waals surface area contributed by atoms with Gasteiger partial charge in [-0.05, 0) is 31.0 Å². The molecule has 0 fully saturated rings. The van der Waals surface area contributed by atoms with Gasteiger partial charge in [-0.1, -0.05) is 38.1 Å². The molecule has 17 heavy (non-hydrogen) atoms. The van der Waals surface area contributed by atoms with Crippen LogP contribution in [0.1, 0.15) is 39.2 Å². The summed E-state index contributed by atoms with van der Waals surface area (Å²) in [5, 5.41) is 0.618. The average Bonchev–Trinajstić information content (AvgIpc) is 2.25. The number of Topliss-reactive ketones (excluding diaryl/α,β-unsaturated/α-hetero) is 1. The van der Waals surface area contributed by atoms with Gasteiger partial charge in [-0.2, -0.15) is 0 Å². The highest BCUT2D eigenvalue weighted by molar-refractivity contribution is 7.99. The maximum Gasteiger partial charge on any atom is 0.130 e. The van der Waals surface area contributed by atoms with E-state index in [1.807, 2.05) is 11.8 Å². The molecule has 1 nitrogen and oxygen atoms in total. The van der Waals surface area contributed by atoms with Gasteiger partial charge in [0.1, 0.15) is 5.78 Å². The lowest BCUT2D eigenvalue weighted by atomic mass is 10.1. The summed E-state index contributed by atoms with van der Waals surface area (Å²) in [6.07, 6.45) is 5.61. The van der Waals surface area contributed by atoms with E-state index >= 15 is 0 Å². The quantitative estimate of drug-likeness (QED) is 0.686. The van der Waals surface area contributed by atoms with E-state index in [1.54, 1.807) is 6.92 Å². The fraction of sp³-hybridized carbons (Fsp3) is 0.400. The zero-order valence-corrected chi connectivity index (χ0v) is 11.6. The van der Waals surface area contributed by atoms with Crippen molar-refractivity contribution in [1.82, 2.24) is 0 Å². The molecule has 2 heteroatoms. The Bertz CT molecular complexity index is 376. The van der Waals surface area contributed by atoms with E-state index in [0.717, 1.165) is 6.42 Å². The van der Waals surface area contributed by atoms with Crippen molar-refractivity contribution in [2.45, 2.75) is 43.8 Å². The number of hydrogen-bond acceptors (Lipinski definition) is 2. The third-order valence-corrected chi connectivity index (χ3v) is 3.24. The minimum Gasteiger partial charge on any atom is -0.300 e. The number of carbonyl (C=O) groups excluding carboxylic acids is 1. The summed E-state index contributed by atoms with van der Waals surface area (Å²) < 4.78 is 0. The Balaban J connectivity index is 2.47. The highest BCUT2D eigenvalue weighted by Crippen LogP contribution is 2.23. The minimum atomic E-state index is 0.248. The Morgan fingerprint density at radius 3 is 2.47 bits per heavy atom. The van der Waals surface area contributed by atoms with E-state index in [4.69, 9.17) is 0 Å². The van der Waals surface area contributed by atoms with E-state index in [2.05, 4.69) is 50.3 Å². The van der Waals surface area contributed by atoms with Crippen LogP contribution in [0, 0.1) is 0 Å². The molecule has 0 saturated heterocycles.